The minimum absolute atomic E-state index is 0.517. The van der Waals surface area contributed by atoms with Gasteiger partial charge in [-0.15, -0.1) is 0 Å². The zero-order valence-corrected chi connectivity index (χ0v) is 10.6. The van der Waals surface area contributed by atoms with Gasteiger partial charge in [-0.3, -0.25) is 0 Å². The summed E-state index contributed by atoms with van der Waals surface area (Å²) in [5.74, 6) is 1.03. The number of rotatable bonds is 3. The van der Waals surface area contributed by atoms with Crippen LogP contribution in [0.15, 0.2) is 12.3 Å². The maximum Gasteiger partial charge on any atom is 0.133 e. The first-order valence-electron chi connectivity index (χ1n) is 6.19. The number of aromatic nitrogens is 1. The van der Waals surface area contributed by atoms with Crippen LogP contribution < -0.4 is 10.6 Å². The van der Waals surface area contributed by atoms with Gasteiger partial charge in [0.1, 0.15) is 5.82 Å². The van der Waals surface area contributed by atoms with Crippen LogP contribution in [0.1, 0.15) is 24.0 Å². The van der Waals surface area contributed by atoms with Gasteiger partial charge in [0.2, 0.25) is 0 Å². The average molecular weight is 235 g/mol. The van der Waals surface area contributed by atoms with Gasteiger partial charge in [0.05, 0.1) is 0 Å². The largest absolute Gasteiger partial charge is 0.381 e. The smallest absolute Gasteiger partial charge is 0.133 e. The lowest BCUT2D eigenvalue weighted by Crippen LogP contribution is -2.38. The van der Waals surface area contributed by atoms with Crippen LogP contribution in [0.4, 0.5) is 5.82 Å². The van der Waals surface area contributed by atoms with Crippen molar-refractivity contribution in [3.05, 3.63) is 23.4 Å². The first-order valence-corrected chi connectivity index (χ1v) is 6.19. The average Bonchev–Trinajstić information content (AvgIpc) is 2.38. The summed E-state index contributed by atoms with van der Waals surface area (Å²) >= 11 is 0. The third-order valence-electron chi connectivity index (χ3n) is 3.54. The van der Waals surface area contributed by atoms with Crippen LogP contribution in [0, 0.1) is 6.92 Å². The molecule has 94 valence electrons. The molecule has 1 saturated heterocycles. The van der Waals surface area contributed by atoms with Crippen molar-refractivity contribution in [3.8, 4) is 0 Å². The second-order valence-electron chi connectivity index (χ2n) is 4.59. The molecule has 0 aromatic carbocycles. The number of ether oxygens (including phenoxy) is 1. The number of nitrogens with zero attached hydrogens (tertiary/aromatic N) is 2. The number of pyridine rings is 1. The lowest BCUT2D eigenvalue weighted by Gasteiger charge is -2.33. The van der Waals surface area contributed by atoms with Gasteiger partial charge >= 0.3 is 0 Å². The van der Waals surface area contributed by atoms with Crippen molar-refractivity contribution in [2.24, 2.45) is 5.73 Å². The molecule has 1 aliphatic heterocycles. The third kappa shape index (κ3) is 2.58. The Morgan fingerprint density at radius 3 is 2.82 bits per heavy atom. The van der Waals surface area contributed by atoms with E-state index in [1.165, 1.54) is 5.56 Å². The zero-order chi connectivity index (χ0) is 12.3. The fraction of sp³-hybridized carbons (Fsp3) is 0.615. The summed E-state index contributed by atoms with van der Waals surface area (Å²) < 4.78 is 5.39. The van der Waals surface area contributed by atoms with E-state index in [4.69, 9.17) is 10.5 Å². The molecular weight excluding hydrogens is 214 g/mol. The van der Waals surface area contributed by atoms with Crippen molar-refractivity contribution in [3.63, 3.8) is 0 Å². The Balaban J connectivity index is 2.23. The predicted octanol–water partition coefficient (Wildman–Crippen LogP) is 1.46. The lowest BCUT2D eigenvalue weighted by molar-refractivity contribution is 0.0853. The van der Waals surface area contributed by atoms with Crippen LogP contribution in [0.3, 0.4) is 0 Å². The molecule has 1 aromatic heterocycles. The summed E-state index contributed by atoms with van der Waals surface area (Å²) in [5, 5.41) is 0. The Morgan fingerprint density at radius 1 is 1.47 bits per heavy atom. The number of nitrogens with two attached hydrogens (primary N) is 1. The maximum atomic E-state index is 5.83. The third-order valence-corrected chi connectivity index (χ3v) is 3.54. The van der Waals surface area contributed by atoms with Crippen LogP contribution in [-0.2, 0) is 11.3 Å². The van der Waals surface area contributed by atoms with Gasteiger partial charge in [0, 0.05) is 44.6 Å². The Morgan fingerprint density at radius 2 is 2.18 bits per heavy atom. The normalized spacial score (nSPS) is 17.1. The number of hydrogen-bond donors (Lipinski definition) is 1. The van der Waals surface area contributed by atoms with Gasteiger partial charge in [-0.05, 0) is 31.4 Å². The van der Waals surface area contributed by atoms with Crippen molar-refractivity contribution in [1.82, 2.24) is 4.98 Å². The van der Waals surface area contributed by atoms with Gasteiger partial charge in [-0.25, -0.2) is 4.98 Å². The molecule has 0 spiro atoms. The molecule has 4 heteroatoms. The molecule has 0 unspecified atom stereocenters. The molecule has 1 aliphatic rings. The minimum Gasteiger partial charge on any atom is -0.381 e. The Labute approximate surface area is 103 Å². The van der Waals surface area contributed by atoms with Crippen LogP contribution in [-0.4, -0.2) is 31.3 Å². The summed E-state index contributed by atoms with van der Waals surface area (Å²) in [6.45, 7) is 4.32. The molecule has 0 saturated carbocycles. The van der Waals surface area contributed by atoms with E-state index >= 15 is 0 Å². The molecule has 4 nitrogen and oxygen atoms in total. The fourth-order valence-electron chi connectivity index (χ4n) is 2.38. The molecule has 2 rings (SSSR count). The monoisotopic (exact) mass is 235 g/mol. The van der Waals surface area contributed by atoms with Crippen LogP contribution in [0.2, 0.25) is 0 Å². The first-order chi connectivity index (χ1) is 8.24. The first kappa shape index (κ1) is 12.3. The predicted molar refractivity (Wildman–Crippen MR) is 69.1 cm³/mol. The van der Waals surface area contributed by atoms with E-state index in [0.29, 0.717) is 12.6 Å². The van der Waals surface area contributed by atoms with E-state index in [1.807, 2.05) is 12.3 Å². The maximum absolute atomic E-state index is 5.83. The van der Waals surface area contributed by atoms with Crippen molar-refractivity contribution in [1.29, 1.82) is 0 Å². The number of aryl methyl sites for hydroxylation is 1. The molecule has 0 amide bonds. The van der Waals surface area contributed by atoms with E-state index in [2.05, 4.69) is 23.9 Å². The zero-order valence-electron chi connectivity index (χ0n) is 10.6. The van der Waals surface area contributed by atoms with Crippen LogP contribution >= 0.6 is 0 Å². The van der Waals surface area contributed by atoms with Gasteiger partial charge in [-0.2, -0.15) is 0 Å². The second kappa shape index (κ2) is 5.47. The topological polar surface area (TPSA) is 51.4 Å². The summed E-state index contributed by atoms with van der Waals surface area (Å²) in [6.07, 6.45) is 3.99. The molecule has 17 heavy (non-hydrogen) atoms. The highest BCUT2D eigenvalue weighted by Crippen LogP contribution is 2.24. The number of hydrogen-bond acceptors (Lipinski definition) is 4. The highest BCUT2D eigenvalue weighted by molar-refractivity contribution is 5.50. The molecule has 0 radical (unpaired) electrons. The molecule has 2 heterocycles. The SMILES string of the molecule is Cc1ccnc(N(C)C2CCOCC2)c1CN. The van der Waals surface area contributed by atoms with Crippen molar-refractivity contribution < 1.29 is 4.74 Å². The summed E-state index contributed by atoms with van der Waals surface area (Å²) in [6, 6.07) is 2.53. The minimum atomic E-state index is 0.517. The summed E-state index contributed by atoms with van der Waals surface area (Å²) in [5.41, 5.74) is 8.20. The standard InChI is InChI=1S/C13H21N3O/c1-10-3-6-15-13(12(10)9-14)16(2)11-4-7-17-8-5-11/h3,6,11H,4-5,7-9,14H2,1-2H3. The van der Waals surface area contributed by atoms with Gasteiger partial charge in [0.25, 0.3) is 0 Å². The summed E-state index contributed by atoms with van der Waals surface area (Å²) in [4.78, 5) is 6.75. The van der Waals surface area contributed by atoms with E-state index in [0.717, 1.165) is 37.4 Å². The molecule has 0 bridgehead atoms. The second-order valence-corrected chi connectivity index (χ2v) is 4.59. The van der Waals surface area contributed by atoms with Crippen molar-refractivity contribution >= 4 is 5.82 Å². The van der Waals surface area contributed by atoms with E-state index in [1.54, 1.807) is 0 Å². The molecule has 2 N–H and O–H groups in total. The Hall–Kier alpha value is -1.13. The molecular formula is C13H21N3O. The van der Waals surface area contributed by atoms with Gasteiger partial charge in [0.15, 0.2) is 0 Å². The Kier molecular flexibility index (Phi) is 3.97. The highest BCUT2D eigenvalue weighted by Gasteiger charge is 2.21. The highest BCUT2D eigenvalue weighted by atomic mass is 16.5. The van der Waals surface area contributed by atoms with E-state index in [-0.39, 0.29) is 0 Å². The lowest BCUT2D eigenvalue weighted by atomic mass is 10.1. The summed E-state index contributed by atoms with van der Waals surface area (Å²) in [7, 11) is 2.11. The van der Waals surface area contributed by atoms with Crippen molar-refractivity contribution in [2.45, 2.75) is 32.4 Å². The molecule has 1 fully saturated rings. The van der Waals surface area contributed by atoms with Gasteiger partial charge in [-0.1, -0.05) is 0 Å². The van der Waals surface area contributed by atoms with Crippen LogP contribution in [0.5, 0.6) is 0 Å². The molecule has 0 atom stereocenters. The van der Waals surface area contributed by atoms with E-state index < -0.39 is 0 Å². The number of anilines is 1. The van der Waals surface area contributed by atoms with Gasteiger partial charge < -0.3 is 15.4 Å². The molecule has 0 aliphatic carbocycles. The Bertz CT molecular complexity index is 375. The van der Waals surface area contributed by atoms with Crippen LogP contribution in [0.25, 0.3) is 0 Å². The van der Waals surface area contributed by atoms with E-state index in [9.17, 15) is 0 Å². The van der Waals surface area contributed by atoms with Crippen molar-refractivity contribution in [2.75, 3.05) is 25.2 Å². The molecule has 1 aromatic rings. The quantitative estimate of drug-likeness (QED) is 0.862. The fourth-order valence-corrected chi connectivity index (χ4v) is 2.38.